The lowest BCUT2D eigenvalue weighted by atomic mass is 9.46. The third-order valence-electron chi connectivity index (χ3n) is 6.15. The van der Waals surface area contributed by atoms with Crippen molar-refractivity contribution in [1.82, 2.24) is 10.6 Å². The zero-order valence-electron chi connectivity index (χ0n) is 13.6. The maximum absolute atomic E-state index is 6.03. The predicted octanol–water partition coefficient (Wildman–Crippen LogP) is 2.39. The van der Waals surface area contributed by atoms with Crippen LogP contribution in [0.4, 0.5) is 0 Å². The smallest absolute Gasteiger partial charge is 0.191 e. The summed E-state index contributed by atoms with van der Waals surface area (Å²) in [6.45, 7) is 3.93. The van der Waals surface area contributed by atoms with Crippen LogP contribution in [0.5, 0.6) is 0 Å². The lowest BCUT2D eigenvalue weighted by molar-refractivity contribution is -0.171. The molecule has 0 radical (unpaired) electrons. The van der Waals surface area contributed by atoms with Crippen molar-refractivity contribution in [2.24, 2.45) is 16.3 Å². The van der Waals surface area contributed by atoms with Gasteiger partial charge in [0, 0.05) is 42.3 Å². The van der Waals surface area contributed by atoms with Gasteiger partial charge in [0.05, 0.1) is 6.10 Å². The van der Waals surface area contributed by atoms with Gasteiger partial charge in [0.15, 0.2) is 5.96 Å². The van der Waals surface area contributed by atoms with Gasteiger partial charge in [-0.15, -0.1) is 0 Å². The Balaban J connectivity index is 1.41. The number of hydrogen-bond donors (Lipinski definition) is 2. The number of fused-ring (bicyclic) bond motifs is 2. The van der Waals surface area contributed by atoms with Gasteiger partial charge >= 0.3 is 0 Å². The first-order valence-corrected chi connectivity index (χ1v) is 10.3. The molecule has 4 nitrogen and oxygen atoms in total. The van der Waals surface area contributed by atoms with E-state index in [1.54, 1.807) is 0 Å². The van der Waals surface area contributed by atoms with E-state index in [-0.39, 0.29) is 0 Å². The Labute approximate surface area is 138 Å². The van der Waals surface area contributed by atoms with E-state index in [9.17, 15) is 0 Å². The molecule has 4 unspecified atom stereocenters. The van der Waals surface area contributed by atoms with Crippen LogP contribution in [0.25, 0.3) is 0 Å². The van der Waals surface area contributed by atoms with E-state index in [2.05, 4.69) is 29.3 Å². The molecule has 0 aromatic heterocycles. The van der Waals surface area contributed by atoms with Crippen molar-refractivity contribution in [3.05, 3.63) is 0 Å². The van der Waals surface area contributed by atoms with Gasteiger partial charge in [-0.1, -0.05) is 6.42 Å². The molecule has 2 aliphatic carbocycles. The molecule has 0 aromatic carbocycles. The van der Waals surface area contributed by atoms with E-state index < -0.39 is 0 Å². The Bertz CT molecular complexity index is 432. The lowest BCUT2D eigenvalue weighted by Crippen LogP contribution is -2.72. The van der Waals surface area contributed by atoms with Crippen LogP contribution in [0.15, 0.2) is 4.99 Å². The summed E-state index contributed by atoms with van der Waals surface area (Å²) in [5.74, 6) is 4.30. The van der Waals surface area contributed by atoms with Gasteiger partial charge in [0.2, 0.25) is 0 Å². The van der Waals surface area contributed by atoms with Crippen LogP contribution in [0.2, 0.25) is 0 Å². The summed E-state index contributed by atoms with van der Waals surface area (Å²) < 4.78 is 6.03. The molecular weight excluding hydrogens is 294 g/mol. The minimum atomic E-state index is 0.429. The van der Waals surface area contributed by atoms with Gasteiger partial charge in [-0.3, -0.25) is 4.99 Å². The van der Waals surface area contributed by atoms with Gasteiger partial charge in [-0.05, 0) is 44.8 Å². The topological polar surface area (TPSA) is 45.7 Å². The van der Waals surface area contributed by atoms with Crippen molar-refractivity contribution in [2.75, 3.05) is 24.7 Å². The standard InChI is InChI=1S/C17H29N3OS/c1-2-18-16(19-12-5-3-10-22-11-12)20-14-13-6-9-21-15(13)17(14)7-4-8-17/h12-15H,2-11H2,1H3,(H2,18,19,20). The first-order valence-electron chi connectivity index (χ1n) is 9.10. The van der Waals surface area contributed by atoms with Crippen molar-refractivity contribution < 1.29 is 4.74 Å². The highest BCUT2D eigenvalue weighted by Crippen LogP contribution is 2.62. The highest BCUT2D eigenvalue weighted by Gasteiger charge is 2.66. The van der Waals surface area contributed by atoms with Crippen LogP contribution in [-0.2, 0) is 4.74 Å². The van der Waals surface area contributed by atoms with Crippen molar-refractivity contribution in [3.63, 3.8) is 0 Å². The summed E-state index contributed by atoms with van der Waals surface area (Å²) in [5.41, 5.74) is 0.429. The number of nitrogens with one attached hydrogen (secondary N) is 2. The van der Waals surface area contributed by atoms with Gasteiger partial charge in [-0.25, -0.2) is 0 Å². The second-order valence-corrected chi connectivity index (χ2v) is 8.48. The Kier molecular flexibility index (Phi) is 4.29. The zero-order chi connectivity index (χ0) is 15.0. The fraction of sp³-hybridized carbons (Fsp3) is 0.941. The number of aliphatic imine (C=N–C) groups is 1. The molecule has 1 spiro atoms. The largest absolute Gasteiger partial charge is 0.377 e. The molecule has 4 aliphatic rings. The van der Waals surface area contributed by atoms with Crippen LogP contribution in [0.1, 0.15) is 45.4 Å². The fourth-order valence-electron chi connectivity index (χ4n) is 4.94. The van der Waals surface area contributed by atoms with E-state index in [1.807, 2.05) is 0 Å². The Morgan fingerprint density at radius 2 is 2.18 bits per heavy atom. The highest BCUT2D eigenvalue weighted by atomic mass is 32.2. The molecule has 2 aliphatic heterocycles. The van der Waals surface area contributed by atoms with Crippen LogP contribution in [0.3, 0.4) is 0 Å². The molecule has 22 heavy (non-hydrogen) atoms. The Hall–Kier alpha value is -0.420. The van der Waals surface area contributed by atoms with E-state index in [4.69, 9.17) is 9.73 Å². The average molecular weight is 324 g/mol. The zero-order valence-corrected chi connectivity index (χ0v) is 14.5. The number of rotatable bonds is 3. The van der Waals surface area contributed by atoms with Gasteiger partial charge in [0.25, 0.3) is 0 Å². The summed E-state index contributed by atoms with van der Waals surface area (Å²) in [6, 6.07) is 1.17. The second-order valence-electron chi connectivity index (χ2n) is 7.33. The van der Waals surface area contributed by atoms with E-state index in [0.717, 1.165) is 19.1 Å². The van der Waals surface area contributed by atoms with Crippen LogP contribution in [-0.4, -0.2) is 48.8 Å². The second kappa shape index (κ2) is 6.23. The van der Waals surface area contributed by atoms with Gasteiger partial charge in [-0.2, -0.15) is 11.8 Å². The minimum Gasteiger partial charge on any atom is -0.377 e. The molecule has 2 heterocycles. The minimum absolute atomic E-state index is 0.429. The Morgan fingerprint density at radius 3 is 2.86 bits per heavy atom. The van der Waals surface area contributed by atoms with Crippen molar-refractivity contribution in [1.29, 1.82) is 0 Å². The third kappa shape index (κ3) is 2.44. The predicted molar refractivity (Wildman–Crippen MR) is 92.5 cm³/mol. The normalized spacial score (nSPS) is 39.8. The molecule has 4 fully saturated rings. The Morgan fingerprint density at radius 1 is 1.27 bits per heavy atom. The first-order chi connectivity index (χ1) is 10.8. The summed E-state index contributed by atoms with van der Waals surface area (Å²) in [4.78, 5) is 4.72. The third-order valence-corrected chi connectivity index (χ3v) is 7.36. The summed E-state index contributed by atoms with van der Waals surface area (Å²) in [6.07, 6.45) is 8.41. The first kappa shape index (κ1) is 15.1. The summed E-state index contributed by atoms with van der Waals surface area (Å²) in [7, 11) is 0. The SMILES string of the molecule is CCN=C(NC1CCCSC1)NC1C2CCOC2C12CCC2. The average Bonchev–Trinajstić information content (AvgIpc) is 2.89. The number of thioether (sulfide) groups is 1. The summed E-state index contributed by atoms with van der Waals surface area (Å²) in [5, 5.41) is 7.51. The molecular formula is C17H29N3OS. The number of hydrogen-bond acceptors (Lipinski definition) is 3. The molecule has 0 aromatic rings. The van der Waals surface area contributed by atoms with Crippen LogP contribution in [0, 0.1) is 11.3 Å². The number of ether oxygens (including phenoxy) is 1. The lowest BCUT2D eigenvalue weighted by Gasteiger charge is -2.63. The van der Waals surface area contributed by atoms with E-state index in [0.29, 0.717) is 29.5 Å². The molecule has 5 heteroatoms. The van der Waals surface area contributed by atoms with Crippen LogP contribution >= 0.6 is 11.8 Å². The van der Waals surface area contributed by atoms with Crippen molar-refractivity contribution in [2.45, 2.75) is 63.6 Å². The number of nitrogens with zero attached hydrogens (tertiary/aromatic N) is 1. The van der Waals surface area contributed by atoms with E-state index in [1.165, 1.54) is 50.0 Å². The molecule has 2 saturated heterocycles. The monoisotopic (exact) mass is 323 g/mol. The molecule has 0 bridgehead atoms. The van der Waals surface area contributed by atoms with Crippen molar-refractivity contribution >= 4 is 17.7 Å². The van der Waals surface area contributed by atoms with Crippen LogP contribution < -0.4 is 10.6 Å². The van der Waals surface area contributed by atoms with E-state index >= 15 is 0 Å². The number of guanidine groups is 1. The quantitative estimate of drug-likeness (QED) is 0.618. The molecule has 124 valence electrons. The molecule has 0 amide bonds. The fourth-order valence-corrected chi connectivity index (χ4v) is 6.01. The molecule has 2 saturated carbocycles. The maximum atomic E-state index is 6.03. The molecule has 4 atom stereocenters. The molecule has 2 N–H and O–H groups in total. The van der Waals surface area contributed by atoms with Crippen molar-refractivity contribution in [3.8, 4) is 0 Å². The highest BCUT2D eigenvalue weighted by molar-refractivity contribution is 7.99. The maximum Gasteiger partial charge on any atom is 0.191 e. The van der Waals surface area contributed by atoms with Gasteiger partial charge in [0.1, 0.15) is 0 Å². The summed E-state index contributed by atoms with van der Waals surface area (Å²) >= 11 is 2.07. The van der Waals surface area contributed by atoms with Gasteiger partial charge < -0.3 is 15.4 Å². The molecule has 4 rings (SSSR count).